The van der Waals surface area contributed by atoms with E-state index in [1.54, 1.807) is 0 Å². The van der Waals surface area contributed by atoms with Gasteiger partial charge in [0.25, 0.3) is 15.8 Å². The third-order valence-electron chi connectivity index (χ3n) is 5.52. The largest absolute Gasteiger partial charge is 1.00 e. The number of nitrogens with zero attached hydrogens (tertiary/aromatic N) is 7. The van der Waals surface area contributed by atoms with Crippen molar-refractivity contribution >= 4 is 86.0 Å². The second-order valence-corrected chi connectivity index (χ2v) is 13.5. The number of aromatic carboxylic acids is 1. The van der Waals surface area contributed by atoms with Gasteiger partial charge in [0.1, 0.15) is 10.9 Å². The molecule has 16 nitrogen and oxygen atoms in total. The zero-order valence-electron chi connectivity index (χ0n) is 25.1. The number of hydrogen-bond acceptors (Lipinski definition) is 11. The number of carboxylic acids is 1. The number of sulfonamides is 1. The van der Waals surface area contributed by atoms with E-state index in [0.717, 1.165) is 22.4 Å². The Balaban J connectivity index is 0.000000340. The molecule has 0 saturated carbocycles. The number of benzene rings is 2. The molecule has 0 saturated heterocycles. The van der Waals surface area contributed by atoms with Crippen LogP contribution in [0.2, 0.25) is 10.0 Å². The molecule has 0 bridgehead atoms. The molecule has 0 atom stereocenters. The number of halogens is 5. The Bertz CT molecular complexity index is 2010. The first-order chi connectivity index (χ1) is 21.9. The van der Waals surface area contributed by atoms with E-state index in [-0.39, 0.29) is 69.0 Å². The summed E-state index contributed by atoms with van der Waals surface area (Å²) >= 11 is 29.1. The Morgan fingerprint density at radius 1 is 1.10 bits per heavy atom. The maximum Gasteiger partial charge on any atom is 1.00 e. The van der Waals surface area contributed by atoms with E-state index < -0.39 is 48.2 Å². The molecule has 2 heterocycles. The van der Waals surface area contributed by atoms with Crippen LogP contribution >= 0.6 is 58.0 Å². The minimum atomic E-state index is -4.61. The van der Waals surface area contributed by atoms with Gasteiger partial charge in [0.2, 0.25) is 3.79 Å². The number of methoxy groups -OCH3 is 1. The van der Waals surface area contributed by atoms with Crippen molar-refractivity contribution in [3.05, 3.63) is 80.2 Å². The topological polar surface area (TPSA) is 213 Å². The molecule has 23 heteroatoms. The van der Waals surface area contributed by atoms with Crippen molar-refractivity contribution in [3.8, 4) is 11.7 Å². The van der Waals surface area contributed by atoms with E-state index in [2.05, 4.69) is 24.3 Å². The molecule has 48 heavy (non-hydrogen) atoms. The summed E-state index contributed by atoms with van der Waals surface area (Å²) in [6.45, 7) is 2.08. The van der Waals surface area contributed by atoms with Gasteiger partial charge in [-0.25, -0.2) is 28.6 Å². The van der Waals surface area contributed by atoms with E-state index >= 15 is 0 Å². The summed E-state index contributed by atoms with van der Waals surface area (Å²) < 4.78 is 38.0. The van der Waals surface area contributed by atoms with Crippen LogP contribution in [0.25, 0.3) is 5.69 Å². The van der Waals surface area contributed by atoms with Gasteiger partial charge in [-0.2, -0.15) is 17.5 Å². The van der Waals surface area contributed by atoms with Crippen LogP contribution in [0, 0.1) is 0 Å². The number of carboxylic acid groups (broad SMARTS) is 1. The Morgan fingerprint density at radius 2 is 1.75 bits per heavy atom. The number of ether oxygens (including phenoxy) is 2. The Labute approximate surface area is 319 Å². The van der Waals surface area contributed by atoms with Gasteiger partial charge in [-0.1, -0.05) is 77.1 Å². The molecule has 2 aromatic heterocycles. The molecular weight excluding hydrogens is 775 g/mol. The van der Waals surface area contributed by atoms with Crippen molar-refractivity contribution in [2.75, 3.05) is 13.7 Å². The van der Waals surface area contributed by atoms with Gasteiger partial charge < -0.3 is 19.7 Å². The molecule has 0 fully saturated rings. The van der Waals surface area contributed by atoms with Crippen LogP contribution in [0.4, 0.5) is 0 Å². The van der Waals surface area contributed by atoms with Gasteiger partial charge in [0, 0.05) is 12.1 Å². The zero-order valence-corrected chi connectivity index (χ0v) is 31.7. The molecule has 1 N–H and O–H groups in total. The third-order valence-corrected chi connectivity index (χ3v) is 7.87. The summed E-state index contributed by atoms with van der Waals surface area (Å²) in [5.41, 5.74) is -0.930. The van der Waals surface area contributed by atoms with Crippen LogP contribution in [0.5, 0.6) is 6.01 Å². The Kier molecular flexibility index (Phi) is 14.8. The average Bonchev–Trinajstić information content (AvgIpc) is 3.58. The van der Waals surface area contributed by atoms with Gasteiger partial charge in [-0.05, 0) is 36.8 Å². The second-order valence-electron chi connectivity index (χ2n) is 8.79. The summed E-state index contributed by atoms with van der Waals surface area (Å²) in [6.07, 6.45) is 0.637. The van der Waals surface area contributed by atoms with Gasteiger partial charge in [0.05, 0.1) is 30.0 Å². The van der Waals surface area contributed by atoms with E-state index in [1.807, 2.05) is 6.92 Å². The van der Waals surface area contributed by atoms with E-state index in [9.17, 15) is 27.9 Å². The molecular formula is C25H21Cl5N7NaO9S. The van der Waals surface area contributed by atoms with Crippen LogP contribution in [0.15, 0.2) is 56.6 Å². The fourth-order valence-corrected chi connectivity index (χ4v) is 5.35. The van der Waals surface area contributed by atoms with Crippen molar-refractivity contribution in [2.45, 2.75) is 22.0 Å². The van der Waals surface area contributed by atoms with Crippen LogP contribution < -0.4 is 45.1 Å². The fraction of sp³-hybridized carbons (Fsp3) is 0.240. The van der Waals surface area contributed by atoms with Crippen molar-refractivity contribution in [1.29, 1.82) is 0 Å². The smallest absolute Gasteiger partial charge is 0.844 e. The minimum absolute atomic E-state index is 0. The predicted octanol–water partition coefficient (Wildman–Crippen LogP) is 0.214. The normalized spacial score (nSPS) is 11.6. The Morgan fingerprint density at radius 3 is 2.31 bits per heavy atom. The van der Waals surface area contributed by atoms with E-state index in [1.165, 1.54) is 43.4 Å². The summed E-state index contributed by atoms with van der Waals surface area (Å²) in [5, 5.41) is 29.1. The predicted molar refractivity (Wildman–Crippen MR) is 169 cm³/mol. The number of carbonyl (C=O) groups excluding carboxylic acids is 1. The second kappa shape index (κ2) is 17.2. The molecule has 0 amide bonds. The molecule has 0 aliphatic carbocycles. The molecule has 0 spiro atoms. The van der Waals surface area contributed by atoms with Crippen LogP contribution in [0.1, 0.15) is 40.1 Å². The number of esters is 1. The summed E-state index contributed by atoms with van der Waals surface area (Å²) in [4.78, 5) is 37.9. The minimum Gasteiger partial charge on any atom is -0.844 e. The van der Waals surface area contributed by atoms with Gasteiger partial charge in [-0.15, -0.1) is 10.2 Å². The van der Waals surface area contributed by atoms with Gasteiger partial charge in [-0.3, -0.25) is 0 Å². The molecule has 0 radical (unpaired) electrons. The first-order valence-electron chi connectivity index (χ1n) is 12.6. The van der Waals surface area contributed by atoms with Crippen molar-refractivity contribution in [2.24, 2.45) is 11.4 Å². The van der Waals surface area contributed by atoms with Gasteiger partial charge in [0.15, 0.2) is 5.82 Å². The van der Waals surface area contributed by atoms with Gasteiger partial charge >= 0.3 is 53.2 Å². The van der Waals surface area contributed by atoms with E-state index in [4.69, 9.17) is 67.8 Å². The van der Waals surface area contributed by atoms with Crippen LogP contribution in [0.3, 0.4) is 0 Å². The first kappa shape index (κ1) is 41.3. The van der Waals surface area contributed by atoms with Crippen molar-refractivity contribution in [1.82, 2.24) is 29.1 Å². The standard InChI is InChI=1S/C15H18N4O7S.C10H4Cl5N3O2.Na/c1-4-9-26-14-16-19(15(22)18(14)2)13(21)17-27(23,24)11-8-6-5-7-10(11)12(20)25-3;11-4-1-2-6(5(12)3-4)18-9(10(13,14)15)16-7(17-18)8(19)20;/h5-8H,4,9H2,1-3H3,(H,17,21);1-3H,(H,19,20);/q;;+1/p-1. The molecule has 4 aromatic rings. The monoisotopic (exact) mass is 793 g/mol. The molecule has 0 unspecified atom stereocenters. The van der Waals surface area contributed by atoms with Crippen LogP contribution in [-0.4, -0.2) is 74.3 Å². The number of rotatable bonds is 8. The van der Waals surface area contributed by atoms with Crippen molar-refractivity contribution in [3.63, 3.8) is 0 Å². The maximum atomic E-state index is 12.5. The third kappa shape index (κ3) is 9.86. The average molecular weight is 796 g/mol. The molecule has 4 rings (SSSR count). The summed E-state index contributed by atoms with van der Waals surface area (Å²) in [7, 11) is -2.21. The fourth-order valence-electron chi connectivity index (χ4n) is 3.43. The molecule has 0 aliphatic heterocycles. The number of carbonyl (C=O) groups is 2. The summed E-state index contributed by atoms with van der Waals surface area (Å²) in [6, 6.07) is 7.97. The quantitative estimate of drug-likeness (QED) is 0.0834. The maximum absolute atomic E-state index is 12.5. The number of aromatic nitrogens is 6. The number of alkyl halides is 3. The zero-order chi connectivity index (χ0) is 35.3. The SMILES string of the molecule is CCCOc1nn(C([O-])=NS(=O)(=O)c2ccccc2C(=O)OC)c(=O)n1C.O=C(O)c1nc(C(Cl)(Cl)Cl)n(-c2ccc(Cl)cc2Cl)n1.[Na+]. The first-order valence-corrected chi connectivity index (χ1v) is 16.0. The molecule has 252 valence electrons. The Hall–Kier alpha value is -2.87. The van der Waals surface area contributed by atoms with Crippen LogP contribution in [-0.2, 0) is 25.6 Å². The number of hydrogen-bond donors (Lipinski definition) is 1. The molecule has 0 aliphatic rings. The molecule has 2 aromatic carbocycles. The van der Waals surface area contributed by atoms with Crippen molar-refractivity contribution < 1.29 is 67.3 Å². The summed E-state index contributed by atoms with van der Waals surface area (Å²) in [5.74, 6) is -2.98. The van der Waals surface area contributed by atoms with E-state index in [0.29, 0.717) is 11.4 Å².